The van der Waals surface area contributed by atoms with Gasteiger partial charge in [0.2, 0.25) is 16.3 Å². The first kappa shape index (κ1) is 58.6. The quantitative estimate of drug-likeness (QED) is 0.0703. The maximum absolute atomic E-state index is 13.2. The molecule has 0 saturated heterocycles. The van der Waals surface area contributed by atoms with Crippen molar-refractivity contribution in [3.63, 3.8) is 0 Å². The number of phenols is 2. The number of carbonyl (C=O) groups is 3. The summed E-state index contributed by atoms with van der Waals surface area (Å²) in [5, 5.41) is 28.9. The monoisotopic (exact) mass is 1140 g/mol. The van der Waals surface area contributed by atoms with Gasteiger partial charge in [-0.1, -0.05) is 15.9 Å². The molecule has 0 amide bonds. The van der Waals surface area contributed by atoms with E-state index < -0.39 is 61.8 Å². The van der Waals surface area contributed by atoms with Gasteiger partial charge in [0.15, 0.2) is 0 Å². The summed E-state index contributed by atoms with van der Waals surface area (Å²) in [5.74, 6) is -4.25. The van der Waals surface area contributed by atoms with Crippen LogP contribution < -0.4 is 67.7 Å². The number of aromatic carboxylic acids is 1. The number of pyridine rings is 3. The van der Waals surface area contributed by atoms with Crippen molar-refractivity contribution in [2.45, 2.75) is 6.92 Å². The fourth-order valence-electron chi connectivity index (χ4n) is 7.15. The molecular weight excluding hydrogens is 1100 g/mol. The Kier molecular flexibility index (Phi) is 19.8. The van der Waals surface area contributed by atoms with Crippen LogP contribution in [0.25, 0.3) is 49.8 Å². The summed E-state index contributed by atoms with van der Waals surface area (Å²) in [5.41, 5.74) is 0.917. The second-order valence-corrected chi connectivity index (χ2v) is 17.0. The molecule has 0 atom stereocenters. The fraction of sp³-hybridized carbons (Fsp3) is 0.0588. The Labute approximate surface area is 475 Å². The third-order valence-electron chi connectivity index (χ3n) is 10.4. The van der Waals surface area contributed by atoms with E-state index in [9.17, 15) is 57.3 Å². The Morgan fingerprint density at radius 3 is 1.24 bits per heavy atom. The Bertz CT molecular complexity index is 3940. The molecule has 384 valence electrons. The molecule has 0 aliphatic heterocycles. The van der Waals surface area contributed by atoms with Gasteiger partial charge >= 0.3 is 79.7 Å². The number of carboxylic acid groups (broad SMARTS) is 1. The van der Waals surface area contributed by atoms with E-state index in [1.807, 2.05) is 0 Å². The van der Waals surface area contributed by atoms with Crippen molar-refractivity contribution >= 4 is 76.9 Å². The van der Waals surface area contributed by atoms with E-state index in [2.05, 4.69) is 20.7 Å². The smallest absolute Gasteiger partial charge is 1.00 e. The number of fused-ring (bicyclic) bond motifs is 3. The standard InChI is InChI=1S/C18H13BrFNO3.C17H12FNO4.C16H10FNO4.K.H2O4S.H2.H/c1-2-24-18(23)15-10-21(13-6-4-12(20)5-7-13)16-8-3-11(19)9-14(16)17(15)22;1-23-17(22)14-9-19(11-4-2-10(18)3-5-11)15-7-6-12(20)8-13(15)16(14)21;17-9-1-3-10(4-2-9)18-8-13(16(21)22)15(20)12-7-11(19)5-6-14(12)18;;1-5(2,3)4;;/h3-10H,2H2,1H3;2-9,20H,1H3;1-8,19H,(H,21,22);;(H2,1,2,3,4);1H;/q;;;+1;;;-1/i;;;;;1+1;. The number of rotatable bonds is 7. The Balaban J connectivity index is 0.000000285. The molecule has 0 fully saturated rings. The SMILES string of the molecule is CCOC(=O)c1cn(-c2ccc(F)cc2)c2ccc(Br)cc2c1=O.COC(=O)c1cn(-c2ccc(F)cc2)c2ccc(O)cc2c1=O.O=C(O)c1cn(-c2ccc(F)cc2)c2ccc(O)cc2c1=O.O=S(=O)(O)O.[2HH].[H-].[K+]. The van der Waals surface area contributed by atoms with E-state index in [0.29, 0.717) is 39.0 Å². The van der Waals surface area contributed by atoms with E-state index in [4.69, 9.17) is 22.3 Å². The minimum atomic E-state index is -4.67. The minimum absolute atomic E-state index is 0. The van der Waals surface area contributed by atoms with Gasteiger partial charge in [0.25, 0.3) is 0 Å². The molecule has 0 bridgehead atoms. The van der Waals surface area contributed by atoms with Crippen molar-refractivity contribution in [1.82, 2.24) is 13.7 Å². The first-order chi connectivity index (χ1) is 35.0. The van der Waals surface area contributed by atoms with Gasteiger partial charge in [-0.05, 0) is 134 Å². The molecule has 5 N–H and O–H groups in total. The summed E-state index contributed by atoms with van der Waals surface area (Å²) in [7, 11) is -3.49. The number of benzene rings is 6. The van der Waals surface area contributed by atoms with Crippen molar-refractivity contribution in [2.24, 2.45) is 0 Å². The summed E-state index contributed by atoms with van der Waals surface area (Å²) >= 11 is 3.34. The third kappa shape index (κ3) is 14.5. The fourth-order valence-corrected chi connectivity index (χ4v) is 7.51. The Morgan fingerprint density at radius 2 is 0.893 bits per heavy atom. The van der Waals surface area contributed by atoms with Crippen LogP contribution in [0.2, 0.25) is 0 Å². The number of esters is 2. The zero-order valence-corrected chi connectivity index (χ0v) is 44.7. The van der Waals surface area contributed by atoms with Crippen LogP contribution in [0.1, 0.15) is 40.9 Å². The van der Waals surface area contributed by atoms with Crippen molar-refractivity contribution in [2.75, 3.05) is 13.7 Å². The van der Waals surface area contributed by atoms with E-state index in [0.717, 1.165) is 4.47 Å². The van der Waals surface area contributed by atoms with Crippen LogP contribution in [-0.2, 0) is 19.9 Å². The molecule has 6 aromatic carbocycles. The van der Waals surface area contributed by atoms with E-state index in [1.165, 1.54) is 121 Å². The number of hydrogen-bond acceptors (Lipinski definition) is 12. The van der Waals surface area contributed by atoms with Gasteiger partial charge in [0, 0.05) is 46.9 Å². The van der Waals surface area contributed by atoms with Crippen LogP contribution >= 0.6 is 15.9 Å². The number of hydrogen-bond donors (Lipinski definition) is 5. The van der Waals surface area contributed by atoms with Crippen LogP contribution in [0, 0.1) is 17.5 Å². The molecule has 9 aromatic rings. The average Bonchev–Trinajstić information content (AvgIpc) is 3.35. The minimum Gasteiger partial charge on any atom is -1.00 e. The Morgan fingerprint density at radius 1 is 0.573 bits per heavy atom. The maximum atomic E-state index is 13.2. The molecular formula is C51H40BrF3KN3O15S. The van der Waals surface area contributed by atoms with Crippen LogP contribution in [-0.4, -0.2) is 78.2 Å². The molecule has 24 heteroatoms. The molecule has 0 aliphatic carbocycles. The number of ether oxygens (including phenoxy) is 2. The largest absolute Gasteiger partial charge is 1.00 e. The van der Waals surface area contributed by atoms with Crippen LogP contribution in [0.3, 0.4) is 0 Å². The van der Waals surface area contributed by atoms with Crippen LogP contribution in [0.15, 0.2) is 165 Å². The van der Waals surface area contributed by atoms with Gasteiger partial charge < -0.3 is 39.9 Å². The Hall–Kier alpha value is -7.26. The predicted octanol–water partition coefficient (Wildman–Crippen LogP) is 5.93. The number of aromatic hydroxyl groups is 2. The molecule has 0 aliphatic rings. The predicted molar refractivity (Wildman–Crippen MR) is 271 cm³/mol. The van der Waals surface area contributed by atoms with Crippen molar-refractivity contribution < 1.29 is 124 Å². The molecule has 0 radical (unpaired) electrons. The number of carbonyl (C=O) groups excluding carboxylic acids is 2. The van der Waals surface area contributed by atoms with Gasteiger partial charge in [-0.3, -0.25) is 23.5 Å². The van der Waals surface area contributed by atoms with Gasteiger partial charge in [-0.25, -0.2) is 27.6 Å². The summed E-state index contributed by atoms with van der Waals surface area (Å²) in [6.07, 6.45) is 3.97. The van der Waals surface area contributed by atoms with Gasteiger partial charge in [-0.15, -0.1) is 0 Å². The first-order valence-corrected chi connectivity index (χ1v) is 23.3. The molecule has 0 saturated carbocycles. The topological polar surface area (TPSA) is 271 Å². The molecule has 18 nitrogen and oxygen atoms in total. The van der Waals surface area contributed by atoms with Crippen LogP contribution in [0.4, 0.5) is 13.2 Å². The van der Waals surface area contributed by atoms with E-state index >= 15 is 0 Å². The first-order valence-electron chi connectivity index (χ1n) is 21.1. The number of methoxy groups -OCH3 is 1. The molecule has 0 spiro atoms. The van der Waals surface area contributed by atoms with Gasteiger partial charge in [0.1, 0.15) is 45.6 Å². The number of aromatic nitrogens is 3. The second kappa shape index (κ2) is 25.3. The van der Waals surface area contributed by atoms with Crippen LogP contribution in [0.5, 0.6) is 11.5 Å². The molecule has 3 aromatic heterocycles. The van der Waals surface area contributed by atoms with Crippen molar-refractivity contribution in [1.29, 1.82) is 0 Å². The number of halogens is 4. The summed E-state index contributed by atoms with van der Waals surface area (Å²) in [6, 6.07) is 30.4. The summed E-state index contributed by atoms with van der Waals surface area (Å²) < 4.78 is 86.0. The molecule has 75 heavy (non-hydrogen) atoms. The average molecular weight is 1140 g/mol. The third-order valence-corrected chi connectivity index (χ3v) is 10.9. The number of nitrogens with zero attached hydrogens (tertiary/aromatic N) is 3. The van der Waals surface area contributed by atoms with Crippen molar-refractivity contribution in [3.05, 3.63) is 215 Å². The second-order valence-electron chi connectivity index (χ2n) is 15.2. The number of carboxylic acids is 1. The zero-order valence-electron chi connectivity index (χ0n) is 40.1. The maximum Gasteiger partial charge on any atom is 1.00 e. The molecule has 9 rings (SSSR count). The van der Waals surface area contributed by atoms with Gasteiger partial charge in [-0.2, -0.15) is 8.42 Å². The van der Waals surface area contributed by atoms with Gasteiger partial charge in [0.05, 0.1) is 41.0 Å². The summed E-state index contributed by atoms with van der Waals surface area (Å²) in [4.78, 5) is 72.5. The van der Waals surface area contributed by atoms with E-state index in [1.54, 1.807) is 52.5 Å². The van der Waals surface area contributed by atoms with E-state index in [-0.39, 0.29) is 100 Å². The summed E-state index contributed by atoms with van der Waals surface area (Å²) in [6.45, 7) is 1.85. The molecule has 3 heterocycles. The molecule has 0 unspecified atom stereocenters. The zero-order chi connectivity index (χ0) is 54.2. The van der Waals surface area contributed by atoms with Crippen molar-refractivity contribution in [3.8, 4) is 28.6 Å². The normalized spacial score (nSPS) is 10.7. The number of phenolic OH excluding ortho intramolecular Hbond substituents is 2.